The lowest BCUT2D eigenvalue weighted by atomic mass is 10.0. The highest BCUT2D eigenvalue weighted by atomic mass is 35.5. The van der Waals surface area contributed by atoms with Crippen molar-refractivity contribution in [3.8, 4) is 0 Å². The minimum Gasteiger partial charge on any atom is -0.374 e. The Bertz CT molecular complexity index is 504. The van der Waals surface area contributed by atoms with E-state index in [4.69, 9.17) is 11.6 Å². The van der Waals surface area contributed by atoms with E-state index in [9.17, 15) is 18.3 Å². The van der Waals surface area contributed by atoms with Gasteiger partial charge >= 0.3 is 6.18 Å². The van der Waals surface area contributed by atoms with Crippen molar-refractivity contribution in [3.05, 3.63) is 28.8 Å². The first-order valence-electron chi connectivity index (χ1n) is 7.02. The zero-order valence-electron chi connectivity index (χ0n) is 12.0. The molecule has 0 aromatic heterocycles. The number of aliphatic hydroxyl groups excluding tert-OH is 1. The van der Waals surface area contributed by atoms with Crippen LogP contribution >= 0.6 is 11.6 Å². The minimum atomic E-state index is -4.45. The van der Waals surface area contributed by atoms with E-state index < -0.39 is 18.0 Å². The van der Waals surface area contributed by atoms with E-state index >= 15 is 0 Å². The zero-order chi connectivity index (χ0) is 15.8. The molecule has 0 bridgehead atoms. The van der Waals surface area contributed by atoms with Gasteiger partial charge in [-0.25, -0.2) is 0 Å². The fourth-order valence-electron chi connectivity index (χ4n) is 2.91. The number of benzene rings is 1. The highest BCUT2D eigenvalue weighted by molar-refractivity contribution is 6.31. The number of alkyl halides is 3. The van der Waals surface area contributed by atoms with Gasteiger partial charge in [0.05, 0.1) is 5.56 Å². The molecule has 1 unspecified atom stereocenters. The summed E-state index contributed by atoms with van der Waals surface area (Å²) in [6.45, 7) is 4.12. The summed E-state index contributed by atoms with van der Waals surface area (Å²) in [6.07, 6.45) is -3.05. The van der Waals surface area contributed by atoms with Gasteiger partial charge in [0.2, 0.25) is 0 Å². The molecular weight excluding hydrogens is 303 g/mol. The Morgan fingerprint density at radius 2 is 1.95 bits per heavy atom. The van der Waals surface area contributed by atoms with Gasteiger partial charge in [0.1, 0.15) is 6.23 Å². The molecule has 21 heavy (non-hydrogen) atoms. The molecule has 1 saturated heterocycles. The summed E-state index contributed by atoms with van der Waals surface area (Å²) in [5, 5.41) is 10.1. The summed E-state index contributed by atoms with van der Waals surface area (Å²) in [4.78, 5) is 1.67. The fraction of sp³-hybridized carbons (Fsp3) is 0.600. The second-order valence-electron chi connectivity index (χ2n) is 5.94. The van der Waals surface area contributed by atoms with Crippen molar-refractivity contribution in [2.24, 2.45) is 5.92 Å². The number of rotatable bonds is 3. The average Bonchev–Trinajstić information content (AvgIpc) is 2.67. The lowest BCUT2D eigenvalue weighted by Crippen LogP contribution is -2.37. The van der Waals surface area contributed by atoms with E-state index in [1.54, 1.807) is 4.90 Å². The molecule has 0 spiro atoms. The van der Waals surface area contributed by atoms with Gasteiger partial charge in [0.25, 0.3) is 0 Å². The fourth-order valence-corrected chi connectivity index (χ4v) is 3.14. The number of anilines is 1. The Morgan fingerprint density at radius 3 is 2.52 bits per heavy atom. The largest absolute Gasteiger partial charge is 0.416 e. The van der Waals surface area contributed by atoms with Crippen molar-refractivity contribution in [1.29, 1.82) is 0 Å². The summed E-state index contributed by atoms with van der Waals surface area (Å²) in [6, 6.07) is 3.50. The molecule has 1 heterocycles. The van der Waals surface area contributed by atoms with Crippen LogP contribution in [0.5, 0.6) is 0 Å². The van der Waals surface area contributed by atoms with Gasteiger partial charge < -0.3 is 10.0 Å². The summed E-state index contributed by atoms with van der Waals surface area (Å²) in [5.41, 5.74) is -0.446. The average molecular weight is 322 g/mol. The van der Waals surface area contributed by atoms with Crippen LogP contribution in [0.2, 0.25) is 5.02 Å². The third-order valence-electron chi connectivity index (χ3n) is 3.72. The van der Waals surface area contributed by atoms with Crippen molar-refractivity contribution in [3.63, 3.8) is 0 Å². The van der Waals surface area contributed by atoms with E-state index in [0.717, 1.165) is 25.0 Å². The maximum absolute atomic E-state index is 12.9. The Labute approximate surface area is 127 Å². The molecule has 1 aromatic rings. The molecule has 6 heteroatoms. The summed E-state index contributed by atoms with van der Waals surface area (Å²) in [5.74, 6) is 0.407. The van der Waals surface area contributed by atoms with Gasteiger partial charge in [-0.1, -0.05) is 25.4 Å². The van der Waals surface area contributed by atoms with Crippen LogP contribution in [0.3, 0.4) is 0 Å². The SMILES string of the molecule is CC(C)C[C@H]1CCC(O)N1c1cc(Cl)cc(C(F)(F)F)c1. The monoisotopic (exact) mass is 321 g/mol. The quantitative estimate of drug-likeness (QED) is 0.873. The molecular formula is C15H19ClF3NO. The van der Waals surface area contributed by atoms with E-state index in [1.807, 2.05) is 0 Å². The molecule has 0 aliphatic carbocycles. The van der Waals surface area contributed by atoms with E-state index in [2.05, 4.69) is 13.8 Å². The molecule has 118 valence electrons. The Balaban J connectivity index is 2.37. The van der Waals surface area contributed by atoms with Crippen molar-refractivity contribution >= 4 is 17.3 Å². The van der Waals surface area contributed by atoms with Gasteiger partial charge in [0.15, 0.2) is 0 Å². The summed E-state index contributed by atoms with van der Waals surface area (Å²) in [7, 11) is 0. The van der Waals surface area contributed by atoms with Crippen molar-refractivity contribution < 1.29 is 18.3 Å². The number of hydrogen-bond acceptors (Lipinski definition) is 2. The van der Waals surface area contributed by atoms with Crippen LogP contribution in [0.4, 0.5) is 18.9 Å². The first-order chi connectivity index (χ1) is 9.68. The smallest absolute Gasteiger partial charge is 0.374 e. The van der Waals surface area contributed by atoms with Gasteiger partial charge in [0, 0.05) is 16.8 Å². The molecule has 1 aliphatic heterocycles. The number of aliphatic hydroxyl groups is 1. The highest BCUT2D eigenvalue weighted by Gasteiger charge is 2.36. The van der Waals surface area contributed by atoms with Crippen LogP contribution in [0.1, 0.15) is 38.7 Å². The Kier molecular flexibility index (Phi) is 4.73. The topological polar surface area (TPSA) is 23.5 Å². The van der Waals surface area contributed by atoms with Gasteiger partial charge in [-0.3, -0.25) is 0 Å². The molecule has 0 saturated carbocycles. The molecule has 1 fully saturated rings. The molecule has 2 rings (SSSR count). The lowest BCUT2D eigenvalue weighted by Gasteiger charge is -2.31. The van der Waals surface area contributed by atoms with Crippen LogP contribution in [-0.2, 0) is 6.18 Å². The second kappa shape index (κ2) is 6.05. The molecule has 2 atom stereocenters. The Morgan fingerprint density at radius 1 is 1.29 bits per heavy atom. The zero-order valence-corrected chi connectivity index (χ0v) is 12.7. The molecule has 1 aliphatic rings. The molecule has 0 radical (unpaired) electrons. The Hall–Kier alpha value is -0.940. The molecule has 1 N–H and O–H groups in total. The van der Waals surface area contributed by atoms with E-state index in [0.29, 0.717) is 18.0 Å². The summed E-state index contributed by atoms with van der Waals surface area (Å²) < 4.78 is 38.7. The third kappa shape index (κ3) is 3.83. The third-order valence-corrected chi connectivity index (χ3v) is 3.94. The molecule has 0 amide bonds. The van der Waals surface area contributed by atoms with E-state index in [-0.39, 0.29) is 11.1 Å². The van der Waals surface area contributed by atoms with Gasteiger partial charge in [-0.2, -0.15) is 13.2 Å². The van der Waals surface area contributed by atoms with Crippen LogP contribution in [0.25, 0.3) is 0 Å². The van der Waals surface area contributed by atoms with Crippen LogP contribution in [0, 0.1) is 5.92 Å². The van der Waals surface area contributed by atoms with E-state index in [1.165, 1.54) is 6.07 Å². The molecule has 2 nitrogen and oxygen atoms in total. The van der Waals surface area contributed by atoms with Crippen LogP contribution < -0.4 is 4.90 Å². The molecule has 1 aromatic carbocycles. The predicted molar refractivity (Wildman–Crippen MR) is 77.4 cm³/mol. The van der Waals surface area contributed by atoms with Crippen molar-refractivity contribution in [2.45, 2.75) is 51.6 Å². The maximum Gasteiger partial charge on any atom is 0.416 e. The number of nitrogens with zero attached hydrogens (tertiary/aromatic N) is 1. The lowest BCUT2D eigenvalue weighted by molar-refractivity contribution is -0.137. The minimum absolute atomic E-state index is 0.0298. The first kappa shape index (κ1) is 16.4. The van der Waals surface area contributed by atoms with Crippen molar-refractivity contribution in [2.75, 3.05) is 4.90 Å². The van der Waals surface area contributed by atoms with Gasteiger partial charge in [-0.05, 0) is 43.4 Å². The van der Waals surface area contributed by atoms with Gasteiger partial charge in [-0.15, -0.1) is 0 Å². The van der Waals surface area contributed by atoms with Crippen LogP contribution in [-0.4, -0.2) is 17.4 Å². The highest BCUT2D eigenvalue weighted by Crippen LogP contribution is 2.38. The first-order valence-corrected chi connectivity index (χ1v) is 7.40. The maximum atomic E-state index is 12.9. The van der Waals surface area contributed by atoms with Crippen molar-refractivity contribution in [1.82, 2.24) is 0 Å². The number of hydrogen-bond donors (Lipinski definition) is 1. The second-order valence-corrected chi connectivity index (χ2v) is 6.38. The van der Waals surface area contributed by atoms with Crippen LogP contribution in [0.15, 0.2) is 18.2 Å². The summed E-state index contributed by atoms with van der Waals surface area (Å²) >= 11 is 5.83. The standard InChI is InChI=1S/C15H19ClF3NO/c1-9(2)5-12-3-4-14(21)20(12)13-7-10(15(17,18)19)6-11(16)8-13/h6-9,12,14,21H,3-5H2,1-2H3/t12-,14?/m1/s1. The normalized spacial score (nSPS) is 23.1. The number of halogens is 4. The predicted octanol–water partition coefficient (Wildman–Crippen LogP) is 4.69.